The minimum absolute atomic E-state index is 0.157. The second-order valence-corrected chi connectivity index (χ2v) is 11.8. The van der Waals surface area contributed by atoms with E-state index in [1.165, 1.54) is 18.0 Å². The van der Waals surface area contributed by atoms with Crippen molar-refractivity contribution in [1.82, 2.24) is 14.6 Å². The smallest absolute Gasteiger partial charge is 0.282 e. The number of hydrogen-bond acceptors (Lipinski definition) is 8. The molecule has 0 unspecified atom stereocenters. The lowest BCUT2D eigenvalue weighted by Gasteiger charge is -2.27. The lowest BCUT2D eigenvalue weighted by Crippen LogP contribution is -2.43. The molecule has 1 aromatic heterocycles. The fourth-order valence-electron chi connectivity index (χ4n) is 5.22. The topological polar surface area (TPSA) is 104 Å². The quantitative estimate of drug-likeness (QED) is 0.196. The van der Waals surface area contributed by atoms with Crippen LogP contribution in [0.25, 0.3) is 22.3 Å². The Kier molecular flexibility index (Phi) is 10.2. The van der Waals surface area contributed by atoms with Crippen molar-refractivity contribution in [2.75, 3.05) is 46.6 Å². The molecule has 0 saturated carbocycles. The van der Waals surface area contributed by atoms with Crippen LogP contribution < -0.4 is 19.8 Å². The number of nitrogens with zero attached hydrogens (tertiary/aromatic N) is 4. The van der Waals surface area contributed by atoms with Crippen LogP contribution in [0.4, 0.5) is 0 Å². The maximum Gasteiger partial charge on any atom is 0.282 e. The van der Waals surface area contributed by atoms with Crippen molar-refractivity contribution in [3.63, 3.8) is 0 Å². The molecule has 10 nitrogen and oxygen atoms in total. The molecule has 2 heterocycles. The first-order chi connectivity index (χ1) is 21.7. The normalized spacial score (nSPS) is 13.5. The summed E-state index contributed by atoms with van der Waals surface area (Å²) in [6, 6.07) is 14.8. The Morgan fingerprint density at radius 2 is 1.87 bits per heavy atom. The lowest BCUT2D eigenvalue weighted by atomic mass is 9.96. The Bertz CT molecular complexity index is 1800. The highest BCUT2D eigenvalue weighted by atomic mass is 79.9. The van der Waals surface area contributed by atoms with Gasteiger partial charge in [-0.15, -0.1) is 0 Å². The SMILES string of the molecule is CCOc1cc(C)c(-c2nc3ccccc3c(=O)n2N=Cc2cc(Br)cc(OC)c2OCC(=O)N2CCOCC2)cc1C(C)C. The third-order valence-electron chi connectivity index (χ3n) is 7.56. The van der Waals surface area contributed by atoms with E-state index in [4.69, 9.17) is 23.9 Å². The van der Waals surface area contributed by atoms with Crippen molar-refractivity contribution >= 4 is 39.0 Å². The average molecular weight is 678 g/mol. The fraction of sp³-hybridized carbons (Fsp3) is 0.353. The number of ether oxygens (including phenoxy) is 4. The standard InChI is InChI=1S/C34H37BrN4O6/c1-6-44-29-15-22(4)27(18-26(29)21(2)3)33-37-28-10-8-7-9-25(28)34(41)39(33)36-19-23-16-24(35)17-30(42-5)32(23)45-20-31(40)38-11-13-43-14-12-38/h7-10,15-19,21H,6,11-14,20H2,1-5H3. The van der Waals surface area contributed by atoms with Gasteiger partial charge in [0.25, 0.3) is 11.5 Å². The van der Waals surface area contributed by atoms with Gasteiger partial charge in [0.2, 0.25) is 0 Å². The Morgan fingerprint density at radius 3 is 2.58 bits per heavy atom. The molecule has 0 atom stereocenters. The van der Waals surface area contributed by atoms with Crippen LogP contribution in [0.1, 0.15) is 43.4 Å². The van der Waals surface area contributed by atoms with E-state index in [-0.39, 0.29) is 24.0 Å². The highest BCUT2D eigenvalue weighted by Gasteiger charge is 2.21. The summed E-state index contributed by atoms with van der Waals surface area (Å²) in [5.41, 5.74) is 3.42. The molecule has 1 fully saturated rings. The van der Waals surface area contributed by atoms with E-state index in [2.05, 4.69) is 34.9 Å². The van der Waals surface area contributed by atoms with Crippen LogP contribution >= 0.6 is 15.9 Å². The maximum absolute atomic E-state index is 14.0. The predicted molar refractivity (Wildman–Crippen MR) is 178 cm³/mol. The number of morpholine rings is 1. The van der Waals surface area contributed by atoms with Crippen LogP contribution in [0.15, 0.2) is 62.9 Å². The molecule has 11 heteroatoms. The molecule has 1 aliphatic rings. The second-order valence-electron chi connectivity index (χ2n) is 10.9. The van der Waals surface area contributed by atoms with Crippen molar-refractivity contribution in [3.05, 3.63) is 80.0 Å². The van der Waals surface area contributed by atoms with Crippen molar-refractivity contribution < 1.29 is 23.7 Å². The zero-order chi connectivity index (χ0) is 32.1. The van der Waals surface area contributed by atoms with Crippen LogP contribution in [0, 0.1) is 6.92 Å². The van der Waals surface area contributed by atoms with Gasteiger partial charge in [-0.3, -0.25) is 9.59 Å². The summed E-state index contributed by atoms with van der Waals surface area (Å²) < 4.78 is 25.0. The number of benzene rings is 3. The molecule has 1 aliphatic heterocycles. The van der Waals surface area contributed by atoms with E-state index >= 15 is 0 Å². The van der Waals surface area contributed by atoms with Crippen LogP contribution in [0.5, 0.6) is 17.2 Å². The molecular formula is C34H37BrN4O6. The van der Waals surface area contributed by atoms with Crippen LogP contribution in [-0.4, -0.2) is 73.3 Å². The molecule has 1 saturated heterocycles. The molecule has 45 heavy (non-hydrogen) atoms. The molecule has 3 aromatic carbocycles. The Morgan fingerprint density at radius 1 is 1.11 bits per heavy atom. The molecular weight excluding hydrogens is 640 g/mol. The zero-order valence-corrected chi connectivity index (χ0v) is 27.7. The van der Waals surface area contributed by atoms with Crippen molar-refractivity contribution in [3.8, 4) is 28.6 Å². The first-order valence-corrected chi connectivity index (χ1v) is 15.7. The molecule has 4 aromatic rings. The van der Waals surface area contributed by atoms with Gasteiger partial charge in [0.15, 0.2) is 23.9 Å². The number of aromatic nitrogens is 2. The summed E-state index contributed by atoms with van der Waals surface area (Å²) in [5.74, 6) is 1.95. The zero-order valence-electron chi connectivity index (χ0n) is 26.1. The third kappa shape index (κ3) is 7.04. The molecule has 0 radical (unpaired) electrons. The predicted octanol–water partition coefficient (Wildman–Crippen LogP) is 5.78. The van der Waals surface area contributed by atoms with Gasteiger partial charge in [-0.1, -0.05) is 41.9 Å². The van der Waals surface area contributed by atoms with Gasteiger partial charge in [-0.2, -0.15) is 9.78 Å². The van der Waals surface area contributed by atoms with Gasteiger partial charge in [0.05, 0.1) is 44.0 Å². The summed E-state index contributed by atoms with van der Waals surface area (Å²) in [7, 11) is 1.52. The highest BCUT2D eigenvalue weighted by molar-refractivity contribution is 9.10. The number of methoxy groups -OCH3 is 1. The van der Waals surface area contributed by atoms with E-state index in [0.29, 0.717) is 71.2 Å². The number of para-hydroxylation sites is 1. The molecule has 0 spiro atoms. The summed E-state index contributed by atoms with van der Waals surface area (Å²) in [4.78, 5) is 33.5. The monoisotopic (exact) mass is 676 g/mol. The highest BCUT2D eigenvalue weighted by Crippen LogP contribution is 2.36. The number of carbonyl (C=O) groups excluding carboxylic acids is 1. The molecule has 5 rings (SSSR count). The van der Waals surface area contributed by atoms with Crippen molar-refractivity contribution in [2.24, 2.45) is 5.10 Å². The first-order valence-electron chi connectivity index (χ1n) is 14.9. The lowest BCUT2D eigenvalue weighted by molar-refractivity contribution is -0.137. The van der Waals surface area contributed by atoms with Gasteiger partial charge >= 0.3 is 0 Å². The Hall–Kier alpha value is -4.22. The van der Waals surface area contributed by atoms with Crippen molar-refractivity contribution in [2.45, 2.75) is 33.6 Å². The van der Waals surface area contributed by atoms with Gasteiger partial charge in [-0.25, -0.2) is 4.98 Å². The van der Waals surface area contributed by atoms with Crippen LogP contribution in [0.2, 0.25) is 0 Å². The number of rotatable bonds is 10. The number of halogens is 1. The van der Waals surface area contributed by atoms with Gasteiger partial charge in [-0.05, 0) is 67.3 Å². The van der Waals surface area contributed by atoms with Crippen LogP contribution in [-0.2, 0) is 9.53 Å². The van der Waals surface area contributed by atoms with Gasteiger partial charge in [0.1, 0.15) is 5.75 Å². The van der Waals surface area contributed by atoms with E-state index < -0.39 is 0 Å². The van der Waals surface area contributed by atoms with Crippen LogP contribution in [0.3, 0.4) is 0 Å². The largest absolute Gasteiger partial charge is 0.494 e. The molecule has 0 bridgehead atoms. The summed E-state index contributed by atoms with van der Waals surface area (Å²) >= 11 is 3.53. The minimum Gasteiger partial charge on any atom is -0.494 e. The third-order valence-corrected chi connectivity index (χ3v) is 8.02. The van der Waals surface area contributed by atoms with E-state index in [9.17, 15) is 9.59 Å². The molecule has 236 valence electrons. The molecule has 0 N–H and O–H groups in total. The Labute approximate surface area is 270 Å². The minimum atomic E-state index is -0.321. The van der Waals surface area contributed by atoms with Gasteiger partial charge in [0, 0.05) is 28.7 Å². The summed E-state index contributed by atoms with van der Waals surface area (Å²) in [6.07, 6.45) is 1.52. The van der Waals surface area contributed by atoms with E-state index in [1.54, 1.807) is 29.2 Å². The van der Waals surface area contributed by atoms with E-state index in [0.717, 1.165) is 22.4 Å². The number of fused-ring (bicyclic) bond motifs is 1. The first kappa shape index (κ1) is 32.2. The maximum atomic E-state index is 14.0. The second kappa shape index (κ2) is 14.3. The number of carbonyl (C=O) groups is 1. The van der Waals surface area contributed by atoms with Gasteiger partial charge < -0.3 is 23.8 Å². The number of aryl methyl sites for hydroxylation is 1. The van der Waals surface area contributed by atoms with E-state index in [1.807, 2.05) is 38.1 Å². The Balaban J connectivity index is 1.62. The average Bonchev–Trinajstić information content (AvgIpc) is 3.04. The molecule has 1 amide bonds. The summed E-state index contributed by atoms with van der Waals surface area (Å²) in [6.45, 7) is 10.5. The van der Waals surface area contributed by atoms with Crippen molar-refractivity contribution in [1.29, 1.82) is 0 Å². The number of amides is 1. The number of hydrogen-bond donors (Lipinski definition) is 0. The fourth-order valence-corrected chi connectivity index (χ4v) is 5.68. The summed E-state index contributed by atoms with van der Waals surface area (Å²) in [5, 5.41) is 5.12. The molecule has 0 aliphatic carbocycles.